The summed E-state index contributed by atoms with van der Waals surface area (Å²) in [5, 5.41) is 13.2. The van der Waals surface area contributed by atoms with Crippen LogP contribution in [0.3, 0.4) is 0 Å². The Bertz CT molecular complexity index is 518. The fourth-order valence-corrected chi connectivity index (χ4v) is 3.36. The van der Waals surface area contributed by atoms with Crippen molar-refractivity contribution in [2.24, 2.45) is 0 Å². The van der Waals surface area contributed by atoms with Crippen molar-refractivity contribution < 1.29 is 14.6 Å². The Kier molecular flexibility index (Phi) is 4.27. The average molecular weight is 312 g/mol. The Morgan fingerprint density at radius 3 is 3.05 bits per heavy atom. The maximum absolute atomic E-state index is 12.5. The van der Waals surface area contributed by atoms with Crippen LogP contribution in [0.4, 0.5) is 10.9 Å². The predicted molar refractivity (Wildman–Crippen MR) is 80.5 cm³/mol. The third kappa shape index (κ3) is 3.12. The number of aliphatic hydroxyl groups is 1. The highest BCUT2D eigenvalue weighted by Crippen LogP contribution is 2.30. The molecule has 1 atom stereocenters. The number of morpholine rings is 1. The van der Waals surface area contributed by atoms with Crippen LogP contribution >= 0.6 is 11.3 Å². The SMILES string of the molecule is Nc1nc(NC2CCC2)sc1C(=O)N1CCOC(CO)C1. The maximum atomic E-state index is 12.5. The lowest BCUT2D eigenvalue weighted by Crippen LogP contribution is -2.46. The Morgan fingerprint density at radius 1 is 1.57 bits per heavy atom. The summed E-state index contributed by atoms with van der Waals surface area (Å²) in [4.78, 5) is 18.9. The van der Waals surface area contributed by atoms with Gasteiger partial charge in [0.1, 0.15) is 10.7 Å². The minimum atomic E-state index is -0.315. The first-order chi connectivity index (χ1) is 10.2. The lowest BCUT2D eigenvalue weighted by atomic mass is 9.93. The highest BCUT2D eigenvalue weighted by molar-refractivity contribution is 7.18. The number of carbonyl (C=O) groups excluding carboxylic acids is 1. The predicted octanol–water partition coefficient (Wildman–Crippen LogP) is 0.523. The zero-order chi connectivity index (χ0) is 14.8. The summed E-state index contributed by atoms with van der Waals surface area (Å²) in [5.41, 5.74) is 5.88. The molecule has 2 heterocycles. The fraction of sp³-hybridized carbons (Fsp3) is 0.692. The lowest BCUT2D eigenvalue weighted by Gasteiger charge is -2.31. The molecule has 1 aliphatic heterocycles. The third-order valence-corrected chi connectivity index (χ3v) is 4.90. The van der Waals surface area contributed by atoms with Crippen LogP contribution < -0.4 is 11.1 Å². The molecule has 0 bridgehead atoms. The van der Waals surface area contributed by atoms with Gasteiger partial charge < -0.3 is 25.8 Å². The molecule has 1 unspecified atom stereocenters. The van der Waals surface area contributed by atoms with Crippen LogP contribution in [0.15, 0.2) is 0 Å². The number of nitrogens with zero attached hydrogens (tertiary/aromatic N) is 2. The first kappa shape index (κ1) is 14.6. The Hall–Kier alpha value is -1.38. The van der Waals surface area contributed by atoms with Crippen molar-refractivity contribution >= 4 is 28.2 Å². The van der Waals surface area contributed by atoms with Crippen molar-refractivity contribution in [1.82, 2.24) is 9.88 Å². The van der Waals surface area contributed by atoms with Gasteiger partial charge in [-0.05, 0) is 19.3 Å². The van der Waals surface area contributed by atoms with E-state index in [-0.39, 0.29) is 24.4 Å². The first-order valence-electron chi connectivity index (χ1n) is 7.22. The van der Waals surface area contributed by atoms with Gasteiger partial charge in [0.25, 0.3) is 5.91 Å². The lowest BCUT2D eigenvalue weighted by molar-refractivity contribution is -0.0445. The number of rotatable bonds is 4. The number of hydrogen-bond acceptors (Lipinski definition) is 7. The van der Waals surface area contributed by atoms with Gasteiger partial charge in [0, 0.05) is 19.1 Å². The summed E-state index contributed by atoms with van der Waals surface area (Å²) in [6, 6.07) is 0.459. The van der Waals surface area contributed by atoms with Gasteiger partial charge in [-0.3, -0.25) is 4.79 Å². The van der Waals surface area contributed by atoms with Gasteiger partial charge >= 0.3 is 0 Å². The van der Waals surface area contributed by atoms with E-state index in [1.54, 1.807) is 4.90 Å². The van der Waals surface area contributed by atoms with E-state index in [1.807, 2.05) is 0 Å². The van der Waals surface area contributed by atoms with E-state index in [0.29, 0.717) is 35.7 Å². The molecule has 2 aliphatic rings. The summed E-state index contributed by atoms with van der Waals surface area (Å²) in [5.74, 6) is 0.146. The minimum Gasteiger partial charge on any atom is -0.394 e. The smallest absolute Gasteiger partial charge is 0.268 e. The van der Waals surface area contributed by atoms with E-state index in [0.717, 1.165) is 12.8 Å². The molecule has 1 saturated heterocycles. The number of thiazole rings is 1. The molecule has 7 nitrogen and oxygen atoms in total. The number of amides is 1. The number of nitrogens with one attached hydrogen (secondary N) is 1. The first-order valence-corrected chi connectivity index (χ1v) is 8.03. The fourth-order valence-electron chi connectivity index (χ4n) is 2.43. The Morgan fingerprint density at radius 2 is 2.38 bits per heavy atom. The molecule has 1 aromatic heterocycles. The summed E-state index contributed by atoms with van der Waals surface area (Å²) in [6.07, 6.45) is 3.21. The van der Waals surface area contributed by atoms with Gasteiger partial charge in [0.05, 0.1) is 19.3 Å². The monoisotopic (exact) mass is 312 g/mol. The number of nitrogens with two attached hydrogens (primary N) is 1. The van der Waals surface area contributed by atoms with Crippen molar-refractivity contribution in [1.29, 1.82) is 0 Å². The number of nitrogen functional groups attached to an aromatic ring is 1. The van der Waals surface area contributed by atoms with E-state index in [9.17, 15) is 4.79 Å². The van der Waals surface area contributed by atoms with Crippen molar-refractivity contribution in [3.8, 4) is 0 Å². The molecule has 1 aromatic rings. The quantitative estimate of drug-likeness (QED) is 0.749. The number of carbonyl (C=O) groups is 1. The molecule has 8 heteroatoms. The Balaban J connectivity index is 1.68. The number of ether oxygens (including phenoxy) is 1. The van der Waals surface area contributed by atoms with Crippen molar-refractivity contribution in [3.63, 3.8) is 0 Å². The molecule has 4 N–H and O–H groups in total. The molecule has 2 fully saturated rings. The number of hydrogen-bond donors (Lipinski definition) is 3. The molecule has 21 heavy (non-hydrogen) atoms. The van der Waals surface area contributed by atoms with E-state index in [4.69, 9.17) is 15.6 Å². The molecule has 1 amide bonds. The van der Waals surface area contributed by atoms with Gasteiger partial charge in [0.2, 0.25) is 0 Å². The van der Waals surface area contributed by atoms with Crippen molar-refractivity contribution in [2.45, 2.75) is 31.4 Å². The van der Waals surface area contributed by atoms with Crippen molar-refractivity contribution in [3.05, 3.63) is 4.88 Å². The normalized spacial score (nSPS) is 22.9. The second-order valence-electron chi connectivity index (χ2n) is 5.43. The zero-order valence-electron chi connectivity index (χ0n) is 11.7. The number of aliphatic hydroxyl groups excluding tert-OH is 1. The molecular weight excluding hydrogens is 292 g/mol. The van der Waals surface area contributed by atoms with Crippen LogP contribution in [0.5, 0.6) is 0 Å². The van der Waals surface area contributed by atoms with E-state index in [2.05, 4.69) is 10.3 Å². The number of aromatic nitrogens is 1. The molecule has 0 aromatic carbocycles. The largest absolute Gasteiger partial charge is 0.394 e. The summed E-state index contributed by atoms with van der Waals surface area (Å²) in [7, 11) is 0. The Labute approximate surface area is 127 Å². The van der Waals surface area contributed by atoms with Gasteiger partial charge in [-0.15, -0.1) is 0 Å². The molecule has 3 rings (SSSR count). The zero-order valence-corrected chi connectivity index (χ0v) is 12.6. The standard InChI is InChI=1S/C13H20N4O3S/c14-11-10(21-13(16-11)15-8-2-1-3-8)12(19)17-4-5-20-9(6-17)7-18/h8-9,18H,1-7,14H2,(H,15,16). The van der Waals surface area contributed by atoms with Crippen LogP contribution in [-0.4, -0.2) is 59.3 Å². The molecular formula is C13H20N4O3S. The van der Waals surface area contributed by atoms with Crippen LogP contribution in [0.25, 0.3) is 0 Å². The second-order valence-corrected chi connectivity index (χ2v) is 6.43. The van der Waals surface area contributed by atoms with Gasteiger partial charge in [-0.1, -0.05) is 11.3 Å². The van der Waals surface area contributed by atoms with Crippen LogP contribution in [-0.2, 0) is 4.74 Å². The van der Waals surface area contributed by atoms with Crippen LogP contribution in [0, 0.1) is 0 Å². The molecule has 0 radical (unpaired) electrons. The van der Waals surface area contributed by atoms with Gasteiger partial charge in [-0.25, -0.2) is 4.98 Å². The maximum Gasteiger partial charge on any atom is 0.268 e. The van der Waals surface area contributed by atoms with E-state index >= 15 is 0 Å². The van der Waals surface area contributed by atoms with E-state index < -0.39 is 0 Å². The third-order valence-electron chi connectivity index (χ3n) is 3.91. The molecule has 1 aliphatic carbocycles. The highest BCUT2D eigenvalue weighted by atomic mass is 32.1. The van der Waals surface area contributed by atoms with Gasteiger partial charge in [-0.2, -0.15) is 0 Å². The average Bonchev–Trinajstić information content (AvgIpc) is 2.83. The second kappa shape index (κ2) is 6.17. The molecule has 116 valence electrons. The molecule has 0 spiro atoms. The molecule has 1 saturated carbocycles. The van der Waals surface area contributed by atoms with Gasteiger partial charge in [0.15, 0.2) is 5.13 Å². The number of anilines is 2. The van der Waals surface area contributed by atoms with Crippen molar-refractivity contribution in [2.75, 3.05) is 37.4 Å². The highest BCUT2D eigenvalue weighted by Gasteiger charge is 2.28. The minimum absolute atomic E-state index is 0.0869. The topological polar surface area (TPSA) is 101 Å². The van der Waals surface area contributed by atoms with Crippen LogP contribution in [0.1, 0.15) is 28.9 Å². The summed E-state index contributed by atoms with van der Waals surface area (Å²) in [6.45, 7) is 1.25. The summed E-state index contributed by atoms with van der Waals surface area (Å²) >= 11 is 1.31. The van der Waals surface area contributed by atoms with E-state index in [1.165, 1.54) is 17.8 Å². The summed E-state index contributed by atoms with van der Waals surface area (Å²) < 4.78 is 5.35. The van der Waals surface area contributed by atoms with Crippen LogP contribution in [0.2, 0.25) is 0 Å².